The highest BCUT2D eigenvalue weighted by molar-refractivity contribution is 5.97. The maximum atomic E-state index is 11.4. The third-order valence-corrected chi connectivity index (χ3v) is 2.45. The molecule has 1 saturated heterocycles. The third-order valence-electron chi connectivity index (χ3n) is 2.45. The zero-order chi connectivity index (χ0) is 8.55. The van der Waals surface area contributed by atoms with E-state index < -0.39 is 0 Å². The van der Waals surface area contributed by atoms with Crippen molar-refractivity contribution in [3.8, 4) is 0 Å². The molecule has 0 radical (unpaired) electrons. The van der Waals surface area contributed by atoms with E-state index in [0.29, 0.717) is 13.0 Å². The van der Waals surface area contributed by atoms with Crippen LogP contribution in [0.4, 0.5) is 0 Å². The third kappa shape index (κ3) is 1.11. The van der Waals surface area contributed by atoms with Gasteiger partial charge < -0.3 is 0 Å². The molecule has 1 heterocycles. The second-order valence-corrected chi connectivity index (χ2v) is 3.21. The summed E-state index contributed by atoms with van der Waals surface area (Å²) in [6.07, 6.45) is 7.30. The Balaban J connectivity index is 2.29. The SMILES string of the molecule is NN1CCC(=O)C2=CC=CC[C@@H]21. The van der Waals surface area contributed by atoms with E-state index in [-0.39, 0.29) is 11.8 Å². The Bertz CT molecular complexity index is 268. The molecule has 3 nitrogen and oxygen atoms in total. The fourth-order valence-corrected chi connectivity index (χ4v) is 1.74. The monoisotopic (exact) mass is 164 g/mol. The highest BCUT2D eigenvalue weighted by Gasteiger charge is 2.29. The summed E-state index contributed by atoms with van der Waals surface area (Å²) in [4.78, 5) is 11.4. The largest absolute Gasteiger partial charge is 0.294 e. The molecule has 1 aliphatic heterocycles. The summed E-state index contributed by atoms with van der Waals surface area (Å²) in [7, 11) is 0. The fraction of sp³-hybridized carbons (Fsp3) is 0.444. The molecule has 2 aliphatic rings. The minimum atomic E-state index is 0.135. The zero-order valence-corrected chi connectivity index (χ0v) is 6.86. The van der Waals surface area contributed by atoms with Crippen LogP contribution in [0, 0.1) is 0 Å². The molecule has 3 heteroatoms. The quantitative estimate of drug-likeness (QED) is 0.527. The van der Waals surface area contributed by atoms with Crippen LogP contribution in [-0.2, 0) is 4.79 Å². The number of rotatable bonds is 0. The molecule has 0 aromatic heterocycles. The topological polar surface area (TPSA) is 46.3 Å². The lowest BCUT2D eigenvalue weighted by molar-refractivity contribution is -0.118. The molecule has 2 N–H and O–H groups in total. The number of hydrogen-bond donors (Lipinski definition) is 1. The highest BCUT2D eigenvalue weighted by Crippen LogP contribution is 2.23. The first kappa shape index (κ1) is 7.71. The Morgan fingerprint density at radius 3 is 3.17 bits per heavy atom. The van der Waals surface area contributed by atoms with Crippen molar-refractivity contribution in [2.75, 3.05) is 6.54 Å². The van der Waals surface area contributed by atoms with Gasteiger partial charge in [-0.2, -0.15) is 0 Å². The van der Waals surface area contributed by atoms with Crippen LogP contribution in [0.25, 0.3) is 0 Å². The number of ketones is 1. The highest BCUT2D eigenvalue weighted by atomic mass is 16.1. The van der Waals surface area contributed by atoms with Gasteiger partial charge in [0.2, 0.25) is 0 Å². The molecule has 0 unspecified atom stereocenters. The van der Waals surface area contributed by atoms with Crippen LogP contribution in [0.5, 0.6) is 0 Å². The van der Waals surface area contributed by atoms with Gasteiger partial charge in [0.25, 0.3) is 0 Å². The Morgan fingerprint density at radius 2 is 2.42 bits per heavy atom. The van der Waals surface area contributed by atoms with Crippen molar-refractivity contribution in [2.45, 2.75) is 18.9 Å². The van der Waals surface area contributed by atoms with Crippen molar-refractivity contribution in [1.82, 2.24) is 5.01 Å². The normalized spacial score (nSPS) is 29.9. The number of carbonyl (C=O) groups is 1. The van der Waals surface area contributed by atoms with Crippen LogP contribution in [0.3, 0.4) is 0 Å². The van der Waals surface area contributed by atoms with Gasteiger partial charge in [0, 0.05) is 18.5 Å². The Morgan fingerprint density at radius 1 is 1.58 bits per heavy atom. The number of Topliss-reactive ketones (excluding diaryl/α,β-unsaturated/α-hetero) is 1. The van der Waals surface area contributed by atoms with E-state index in [4.69, 9.17) is 5.84 Å². The number of nitrogens with zero attached hydrogens (tertiary/aromatic N) is 1. The van der Waals surface area contributed by atoms with Gasteiger partial charge in [-0.05, 0) is 6.42 Å². The van der Waals surface area contributed by atoms with Crippen molar-refractivity contribution in [3.63, 3.8) is 0 Å². The maximum Gasteiger partial charge on any atom is 0.161 e. The number of hydrazine groups is 1. The zero-order valence-electron chi connectivity index (χ0n) is 6.86. The van der Waals surface area contributed by atoms with Crippen LogP contribution in [0.15, 0.2) is 23.8 Å². The van der Waals surface area contributed by atoms with Crippen LogP contribution in [0.1, 0.15) is 12.8 Å². The van der Waals surface area contributed by atoms with E-state index >= 15 is 0 Å². The summed E-state index contributed by atoms with van der Waals surface area (Å²) < 4.78 is 0. The summed E-state index contributed by atoms with van der Waals surface area (Å²) in [6.45, 7) is 0.689. The molecule has 12 heavy (non-hydrogen) atoms. The standard InChI is InChI=1S/C9H12N2O/c10-11-6-5-9(12)7-3-1-2-4-8(7)11/h1-3,8H,4-6,10H2/t8-/m0/s1. The number of fused-ring (bicyclic) bond motifs is 1. The van der Waals surface area contributed by atoms with Gasteiger partial charge in [-0.1, -0.05) is 18.2 Å². The van der Waals surface area contributed by atoms with E-state index in [1.54, 1.807) is 5.01 Å². The van der Waals surface area contributed by atoms with E-state index in [0.717, 1.165) is 12.0 Å². The molecule has 0 aromatic carbocycles. The van der Waals surface area contributed by atoms with Gasteiger partial charge in [-0.15, -0.1) is 0 Å². The molecule has 64 valence electrons. The average molecular weight is 164 g/mol. The molecule has 1 fully saturated rings. The Hall–Kier alpha value is -0.930. The molecular weight excluding hydrogens is 152 g/mol. The van der Waals surface area contributed by atoms with Gasteiger partial charge in [-0.25, -0.2) is 5.01 Å². The van der Waals surface area contributed by atoms with Gasteiger partial charge >= 0.3 is 0 Å². The second kappa shape index (κ2) is 2.84. The summed E-state index contributed by atoms with van der Waals surface area (Å²) in [5.74, 6) is 6.01. The lowest BCUT2D eigenvalue weighted by Crippen LogP contribution is -2.49. The van der Waals surface area contributed by atoms with Gasteiger partial charge in [-0.3, -0.25) is 10.6 Å². The summed E-state index contributed by atoms with van der Waals surface area (Å²) in [5, 5.41) is 1.76. The van der Waals surface area contributed by atoms with E-state index in [9.17, 15) is 4.79 Å². The second-order valence-electron chi connectivity index (χ2n) is 3.21. The number of carbonyl (C=O) groups excluding carboxylic acids is 1. The van der Waals surface area contributed by atoms with Gasteiger partial charge in [0.15, 0.2) is 5.78 Å². The van der Waals surface area contributed by atoms with Crippen LogP contribution < -0.4 is 5.84 Å². The first-order valence-corrected chi connectivity index (χ1v) is 4.20. The molecule has 0 aromatic rings. The molecule has 1 aliphatic carbocycles. The molecule has 1 atom stereocenters. The van der Waals surface area contributed by atoms with Crippen molar-refractivity contribution >= 4 is 5.78 Å². The lowest BCUT2D eigenvalue weighted by atomic mass is 9.90. The van der Waals surface area contributed by atoms with Crippen LogP contribution in [-0.4, -0.2) is 23.4 Å². The smallest absolute Gasteiger partial charge is 0.161 e. The fourth-order valence-electron chi connectivity index (χ4n) is 1.74. The maximum absolute atomic E-state index is 11.4. The van der Waals surface area contributed by atoms with Crippen LogP contribution in [0.2, 0.25) is 0 Å². The first-order chi connectivity index (χ1) is 5.79. The number of piperidine rings is 1. The first-order valence-electron chi connectivity index (χ1n) is 4.20. The molecule has 2 rings (SSSR count). The minimum Gasteiger partial charge on any atom is -0.294 e. The van der Waals surface area contributed by atoms with Crippen molar-refractivity contribution in [3.05, 3.63) is 23.8 Å². The summed E-state index contributed by atoms with van der Waals surface area (Å²) >= 11 is 0. The molecular formula is C9H12N2O. The minimum absolute atomic E-state index is 0.135. The molecule has 0 bridgehead atoms. The summed E-state index contributed by atoms with van der Waals surface area (Å²) in [5.41, 5.74) is 0.881. The average Bonchev–Trinajstić information content (AvgIpc) is 2.12. The van der Waals surface area contributed by atoms with Crippen molar-refractivity contribution in [1.29, 1.82) is 0 Å². The predicted molar refractivity (Wildman–Crippen MR) is 46.1 cm³/mol. The lowest BCUT2D eigenvalue weighted by Gasteiger charge is -2.33. The predicted octanol–water partition coefficient (Wildman–Crippen LogP) is 0.390. The van der Waals surface area contributed by atoms with E-state index in [1.807, 2.05) is 18.2 Å². The van der Waals surface area contributed by atoms with Gasteiger partial charge in [0.1, 0.15) is 0 Å². The van der Waals surface area contributed by atoms with Crippen molar-refractivity contribution < 1.29 is 4.79 Å². The number of hydrogen-bond acceptors (Lipinski definition) is 3. The molecule has 0 amide bonds. The van der Waals surface area contributed by atoms with E-state index in [1.165, 1.54) is 0 Å². The van der Waals surface area contributed by atoms with Crippen molar-refractivity contribution in [2.24, 2.45) is 5.84 Å². The van der Waals surface area contributed by atoms with Gasteiger partial charge in [0.05, 0.1) is 6.04 Å². The summed E-state index contributed by atoms with van der Waals surface area (Å²) in [6, 6.07) is 0.135. The van der Waals surface area contributed by atoms with E-state index in [2.05, 4.69) is 0 Å². The van der Waals surface area contributed by atoms with Crippen LogP contribution >= 0.6 is 0 Å². The Labute approximate surface area is 71.5 Å². The Kier molecular flexibility index (Phi) is 1.83. The molecule has 0 saturated carbocycles. The number of nitrogens with two attached hydrogens (primary N) is 1. The number of allylic oxidation sites excluding steroid dienone is 2. The molecule has 0 spiro atoms.